The second-order valence-electron chi connectivity index (χ2n) is 10.1. The molecule has 2 atom stereocenters. The molecule has 1 fully saturated rings. The Morgan fingerprint density at radius 3 is 2.44 bits per heavy atom. The number of Topliss-reactive ketones (excluding diaryl/α,β-unsaturated/α-hetero) is 1. The Balaban J connectivity index is 1.78. The molecule has 0 bridgehead atoms. The Bertz CT molecular complexity index is 1240. The molecule has 2 aromatic carbocycles. The van der Waals surface area contributed by atoms with Crippen molar-refractivity contribution in [1.82, 2.24) is 4.90 Å². The average molecular weight is 537 g/mol. The maximum Gasteiger partial charge on any atom is 0.295 e. The minimum absolute atomic E-state index is 0.0197. The van der Waals surface area contributed by atoms with E-state index in [4.69, 9.17) is 14.2 Å². The number of hydrogen-bond acceptors (Lipinski definition) is 6. The molecule has 2 aliphatic rings. The second-order valence-corrected chi connectivity index (χ2v) is 10.1. The Morgan fingerprint density at radius 2 is 1.74 bits per heavy atom. The number of amides is 1. The predicted molar refractivity (Wildman–Crippen MR) is 147 cm³/mol. The molecule has 39 heavy (non-hydrogen) atoms. The molecule has 0 radical (unpaired) electrons. The lowest BCUT2D eigenvalue weighted by Gasteiger charge is -2.28. The lowest BCUT2D eigenvalue weighted by molar-refractivity contribution is -0.896. The van der Waals surface area contributed by atoms with Gasteiger partial charge in [-0.05, 0) is 75.6 Å². The van der Waals surface area contributed by atoms with Gasteiger partial charge in [-0.15, -0.1) is 0 Å². The molecule has 1 N–H and O–H groups in total. The predicted octanol–water partition coefficient (Wildman–Crippen LogP) is 2.35. The van der Waals surface area contributed by atoms with E-state index in [0.29, 0.717) is 48.8 Å². The Labute approximate surface area is 231 Å². The molecule has 0 saturated carbocycles. The van der Waals surface area contributed by atoms with Crippen molar-refractivity contribution in [2.24, 2.45) is 0 Å². The molecule has 210 valence electrons. The van der Waals surface area contributed by atoms with Gasteiger partial charge in [-0.25, -0.2) is 0 Å². The van der Waals surface area contributed by atoms with Gasteiger partial charge in [0.25, 0.3) is 5.91 Å². The third-order valence-corrected chi connectivity index (χ3v) is 7.50. The number of carbonyl (C=O) groups excluding carboxylic acids is 2. The number of quaternary nitrogens is 1. The van der Waals surface area contributed by atoms with Gasteiger partial charge < -0.3 is 29.1 Å². The van der Waals surface area contributed by atoms with Crippen LogP contribution in [-0.4, -0.2) is 62.1 Å². The number of nitrogens with one attached hydrogen (secondary N) is 1. The standard InChI is InChI=1S/C31H40N2O6/c1-6-32(7-2)15-10-16-33-28(21-11-14-25(37-8-3)26(19-21)38-9-4)27(30(35)31(33)36)29(34)22-12-13-24-23(18-22)17-20(5)39-24/h11-14,18-20,28,34H,6-10,15-17H2,1-5H3. The zero-order valence-corrected chi connectivity index (χ0v) is 23.7. The highest BCUT2D eigenvalue weighted by Gasteiger charge is 2.44. The molecule has 0 spiro atoms. The maximum atomic E-state index is 13.9. The molecular weight excluding hydrogens is 496 g/mol. The molecule has 2 heterocycles. The van der Waals surface area contributed by atoms with E-state index >= 15 is 0 Å². The van der Waals surface area contributed by atoms with Gasteiger partial charge in [0.15, 0.2) is 11.5 Å². The van der Waals surface area contributed by atoms with Crippen LogP contribution in [0.25, 0.3) is 5.76 Å². The number of likely N-dealkylation sites (tertiary alicyclic amines) is 1. The molecule has 0 aliphatic carbocycles. The largest absolute Gasteiger partial charge is 0.872 e. The topological polar surface area (TPSA) is 92.6 Å². The van der Waals surface area contributed by atoms with Crippen LogP contribution in [-0.2, 0) is 16.0 Å². The van der Waals surface area contributed by atoms with Crippen molar-refractivity contribution >= 4 is 17.4 Å². The number of ketones is 1. The van der Waals surface area contributed by atoms with Crippen LogP contribution in [0.5, 0.6) is 17.2 Å². The van der Waals surface area contributed by atoms with E-state index in [1.807, 2.05) is 26.8 Å². The normalized spacial score (nSPS) is 19.9. The van der Waals surface area contributed by atoms with Crippen molar-refractivity contribution in [3.63, 3.8) is 0 Å². The number of rotatable bonds is 12. The smallest absolute Gasteiger partial charge is 0.295 e. The van der Waals surface area contributed by atoms with Crippen LogP contribution in [0.2, 0.25) is 0 Å². The third-order valence-electron chi connectivity index (χ3n) is 7.50. The van der Waals surface area contributed by atoms with Crippen LogP contribution in [0.1, 0.15) is 63.8 Å². The highest BCUT2D eigenvalue weighted by molar-refractivity contribution is 6.46. The van der Waals surface area contributed by atoms with Crippen molar-refractivity contribution in [3.8, 4) is 17.2 Å². The fourth-order valence-electron chi connectivity index (χ4n) is 5.51. The van der Waals surface area contributed by atoms with Crippen LogP contribution >= 0.6 is 0 Å². The first-order valence-corrected chi connectivity index (χ1v) is 14.1. The number of hydrogen-bond donors (Lipinski definition) is 1. The highest BCUT2D eigenvalue weighted by Crippen LogP contribution is 2.42. The Hall–Kier alpha value is -3.52. The number of carbonyl (C=O) groups is 2. The fraction of sp³-hybridized carbons (Fsp3) is 0.484. The minimum atomic E-state index is -0.803. The van der Waals surface area contributed by atoms with E-state index in [-0.39, 0.29) is 11.7 Å². The summed E-state index contributed by atoms with van der Waals surface area (Å²) < 4.78 is 17.3. The van der Waals surface area contributed by atoms with Crippen molar-refractivity contribution < 1.29 is 33.8 Å². The van der Waals surface area contributed by atoms with Gasteiger partial charge in [0.2, 0.25) is 5.78 Å². The average Bonchev–Trinajstić information content (AvgIpc) is 3.42. The first-order chi connectivity index (χ1) is 18.8. The van der Waals surface area contributed by atoms with E-state index < -0.39 is 23.5 Å². The summed E-state index contributed by atoms with van der Waals surface area (Å²) in [6.45, 7) is 14.1. The monoisotopic (exact) mass is 536 g/mol. The van der Waals surface area contributed by atoms with Crippen LogP contribution in [0.4, 0.5) is 0 Å². The number of benzene rings is 2. The van der Waals surface area contributed by atoms with Gasteiger partial charge in [-0.1, -0.05) is 17.9 Å². The SMILES string of the molecule is CCOc1ccc(C2C(=C([O-])c3ccc4c(c3)CC(C)O4)C(=O)C(=O)N2CCC[NH+](CC)CC)cc1OCC. The first kappa shape index (κ1) is 28.5. The fourth-order valence-corrected chi connectivity index (χ4v) is 5.51. The summed E-state index contributed by atoms with van der Waals surface area (Å²) in [5, 5.41) is 13.9. The molecule has 8 heteroatoms. The number of ether oxygens (including phenoxy) is 3. The van der Waals surface area contributed by atoms with Crippen LogP contribution in [0.15, 0.2) is 42.0 Å². The van der Waals surface area contributed by atoms with Gasteiger partial charge >= 0.3 is 0 Å². The maximum absolute atomic E-state index is 13.9. The van der Waals surface area contributed by atoms with Crippen LogP contribution in [0.3, 0.4) is 0 Å². The van der Waals surface area contributed by atoms with Gasteiger partial charge in [-0.3, -0.25) is 9.59 Å². The molecule has 1 amide bonds. The van der Waals surface area contributed by atoms with E-state index in [1.54, 1.807) is 35.2 Å². The van der Waals surface area contributed by atoms with Crippen molar-refractivity contribution in [3.05, 3.63) is 58.7 Å². The molecule has 0 aromatic heterocycles. The van der Waals surface area contributed by atoms with Crippen molar-refractivity contribution in [2.45, 2.75) is 59.6 Å². The molecule has 2 unspecified atom stereocenters. The van der Waals surface area contributed by atoms with Gasteiger partial charge in [0.05, 0.1) is 38.9 Å². The quantitative estimate of drug-likeness (QED) is 0.254. The Morgan fingerprint density at radius 1 is 1.03 bits per heavy atom. The zero-order valence-electron chi connectivity index (χ0n) is 23.7. The molecule has 2 aromatic rings. The lowest BCUT2D eigenvalue weighted by Crippen LogP contribution is -3.11. The Kier molecular flexibility index (Phi) is 9.17. The highest BCUT2D eigenvalue weighted by atomic mass is 16.5. The van der Waals surface area contributed by atoms with E-state index in [2.05, 4.69) is 13.8 Å². The summed E-state index contributed by atoms with van der Waals surface area (Å²) in [7, 11) is 0. The van der Waals surface area contributed by atoms with Gasteiger partial charge in [0, 0.05) is 25.0 Å². The summed E-state index contributed by atoms with van der Waals surface area (Å²) in [4.78, 5) is 29.8. The van der Waals surface area contributed by atoms with E-state index in [0.717, 1.165) is 37.4 Å². The lowest BCUT2D eigenvalue weighted by atomic mass is 9.94. The minimum Gasteiger partial charge on any atom is -0.872 e. The van der Waals surface area contributed by atoms with E-state index in [9.17, 15) is 14.7 Å². The van der Waals surface area contributed by atoms with Crippen molar-refractivity contribution in [1.29, 1.82) is 0 Å². The molecule has 1 saturated heterocycles. The summed E-state index contributed by atoms with van der Waals surface area (Å²) in [5.41, 5.74) is 1.95. The number of nitrogens with zero attached hydrogens (tertiary/aromatic N) is 1. The van der Waals surface area contributed by atoms with Gasteiger partial charge in [0.1, 0.15) is 11.9 Å². The van der Waals surface area contributed by atoms with Gasteiger partial charge in [-0.2, -0.15) is 0 Å². The molecule has 8 nitrogen and oxygen atoms in total. The third kappa shape index (κ3) is 5.91. The summed E-state index contributed by atoms with van der Waals surface area (Å²) in [5.74, 6) is 0.0509. The second kappa shape index (κ2) is 12.6. The molecule has 4 rings (SSSR count). The zero-order chi connectivity index (χ0) is 28.1. The van der Waals surface area contributed by atoms with E-state index in [1.165, 1.54) is 4.90 Å². The molecular formula is C31H40N2O6. The summed E-state index contributed by atoms with van der Waals surface area (Å²) >= 11 is 0. The summed E-state index contributed by atoms with van der Waals surface area (Å²) in [6.07, 6.45) is 1.44. The van der Waals surface area contributed by atoms with Crippen LogP contribution < -0.4 is 24.2 Å². The molecule has 2 aliphatic heterocycles. The first-order valence-electron chi connectivity index (χ1n) is 14.1. The number of fused-ring (bicyclic) bond motifs is 1. The summed E-state index contributed by atoms with van der Waals surface area (Å²) in [6, 6.07) is 9.83. The van der Waals surface area contributed by atoms with Crippen molar-refractivity contribution in [2.75, 3.05) is 39.4 Å². The van der Waals surface area contributed by atoms with Crippen LogP contribution in [0, 0.1) is 0 Å².